The van der Waals surface area contributed by atoms with Crippen LogP contribution in [-0.4, -0.2) is 11.0 Å². The molecule has 0 radical (unpaired) electrons. The van der Waals surface area contributed by atoms with Gasteiger partial charge in [0.1, 0.15) is 0 Å². The van der Waals surface area contributed by atoms with Gasteiger partial charge in [-0.15, -0.1) is 0 Å². The average molecular weight is 203 g/mol. The lowest BCUT2D eigenvalue weighted by molar-refractivity contribution is -0.132. The Morgan fingerprint density at radius 1 is 1.40 bits per heavy atom. The van der Waals surface area contributed by atoms with E-state index in [0.717, 1.165) is 0 Å². The van der Waals surface area contributed by atoms with E-state index >= 15 is 0 Å². The number of pyridine rings is 1. The SMILES string of the molecule is CC(=O)Oc1cc2c(cn1)C1CCC2C1. The number of ether oxygens (including phenoxy) is 1. The number of hydrogen-bond acceptors (Lipinski definition) is 3. The second-order valence-electron chi connectivity index (χ2n) is 4.45. The predicted octanol–water partition coefficient (Wildman–Crippen LogP) is 2.37. The summed E-state index contributed by atoms with van der Waals surface area (Å²) in [6.07, 6.45) is 5.73. The lowest BCUT2D eigenvalue weighted by Crippen LogP contribution is -2.05. The van der Waals surface area contributed by atoms with Gasteiger partial charge in [-0.05, 0) is 42.2 Å². The maximum absolute atomic E-state index is 10.8. The van der Waals surface area contributed by atoms with E-state index in [4.69, 9.17) is 4.74 Å². The number of rotatable bonds is 1. The zero-order valence-electron chi connectivity index (χ0n) is 8.69. The minimum absolute atomic E-state index is 0.300. The molecule has 0 spiro atoms. The van der Waals surface area contributed by atoms with Crippen LogP contribution >= 0.6 is 0 Å². The van der Waals surface area contributed by atoms with Crippen molar-refractivity contribution < 1.29 is 9.53 Å². The zero-order valence-corrected chi connectivity index (χ0v) is 8.69. The summed E-state index contributed by atoms with van der Waals surface area (Å²) in [5.41, 5.74) is 2.74. The van der Waals surface area contributed by atoms with Gasteiger partial charge in [-0.1, -0.05) is 0 Å². The van der Waals surface area contributed by atoms with Crippen molar-refractivity contribution in [3.05, 3.63) is 23.4 Å². The Hall–Kier alpha value is -1.38. The fourth-order valence-corrected chi connectivity index (χ4v) is 2.91. The van der Waals surface area contributed by atoms with E-state index in [1.807, 2.05) is 12.3 Å². The van der Waals surface area contributed by atoms with Crippen LogP contribution in [-0.2, 0) is 4.79 Å². The van der Waals surface area contributed by atoms with Gasteiger partial charge in [-0.3, -0.25) is 4.79 Å². The summed E-state index contributed by atoms with van der Waals surface area (Å²) in [6, 6.07) is 1.94. The van der Waals surface area contributed by atoms with Crippen LogP contribution in [0.25, 0.3) is 0 Å². The molecule has 1 heterocycles. The molecule has 0 saturated heterocycles. The molecule has 2 aliphatic carbocycles. The zero-order chi connectivity index (χ0) is 10.4. The number of hydrogen-bond donors (Lipinski definition) is 0. The van der Waals surface area contributed by atoms with Gasteiger partial charge in [0.05, 0.1) is 0 Å². The third-order valence-corrected chi connectivity index (χ3v) is 3.50. The van der Waals surface area contributed by atoms with Crippen molar-refractivity contribution in [3.8, 4) is 5.88 Å². The third-order valence-electron chi connectivity index (χ3n) is 3.50. The highest BCUT2D eigenvalue weighted by atomic mass is 16.5. The Bertz CT molecular complexity index is 428. The summed E-state index contributed by atoms with van der Waals surface area (Å²) in [6.45, 7) is 1.40. The first-order valence-corrected chi connectivity index (χ1v) is 5.42. The standard InChI is InChI=1S/C12H13NO2/c1-7(14)15-12-5-10-8-2-3-9(4-8)11(10)6-13-12/h5-6,8-9H,2-4H2,1H3. The summed E-state index contributed by atoms with van der Waals surface area (Å²) in [7, 11) is 0. The van der Waals surface area contributed by atoms with Gasteiger partial charge in [0, 0.05) is 19.2 Å². The number of carbonyl (C=O) groups excluding carboxylic acids is 1. The normalized spacial score (nSPS) is 26.5. The number of aromatic nitrogens is 1. The Morgan fingerprint density at radius 2 is 2.13 bits per heavy atom. The predicted molar refractivity (Wildman–Crippen MR) is 54.9 cm³/mol. The average Bonchev–Trinajstić information content (AvgIpc) is 2.76. The Labute approximate surface area is 88.5 Å². The second-order valence-corrected chi connectivity index (χ2v) is 4.45. The van der Waals surface area contributed by atoms with Crippen LogP contribution in [0.2, 0.25) is 0 Å². The number of carbonyl (C=O) groups is 1. The highest BCUT2D eigenvalue weighted by Gasteiger charge is 2.37. The lowest BCUT2D eigenvalue weighted by atomic mass is 9.94. The van der Waals surface area contributed by atoms with Crippen molar-refractivity contribution in [2.75, 3.05) is 0 Å². The van der Waals surface area contributed by atoms with E-state index in [2.05, 4.69) is 4.98 Å². The van der Waals surface area contributed by atoms with E-state index in [1.165, 1.54) is 37.3 Å². The van der Waals surface area contributed by atoms with Crippen molar-refractivity contribution in [2.24, 2.45) is 0 Å². The molecule has 1 aromatic heterocycles. The van der Waals surface area contributed by atoms with E-state index in [1.54, 1.807) is 0 Å². The van der Waals surface area contributed by atoms with Crippen LogP contribution in [0.4, 0.5) is 0 Å². The molecule has 2 atom stereocenters. The Kier molecular flexibility index (Phi) is 1.81. The molecule has 0 N–H and O–H groups in total. The molecule has 1 fully saturated rings. The molecule has 2 bridgehead atoms. The summed E-state index contributed by atoms with van der Waals surface area (Å²) < 4.78 is 5.00. The first-order chi connectivity index (χ1) is 7.24. The third kappa shape index (κ3) is 1.34. The van der Waals surface area contributed by atoms with Crippen LogP contribution in [0.1, 0.15) is 49.1 Å². The minimum Gasteiger partial charge on any atom is -0.408 e. The van der Waals surface area contributed by atoms with Crippen LogP contribution in [0, 0.1) is 0 Å². The molecule has 2 aliphatic rings. The van der Waals surface area contributed by atoms with Crippen LogP contribution < -0.4 is 4.74 Å². The van der Waals surface area contributed by atoms with Crippen molar-refractivity contribution in [1.29, 1.82) is 0 Å². The van der Waals surface area contributed by atoms with Crippen molar-refractivity contribution in [2.45, 2.75) is 38.0 Å². The first-order valence-electron chi connectivity index (χ1n) is 5.42. The molecule has 2 unspecified atom stereocenters. The summed E-state index contributed by atoms with van der Waals surface area (Å²) >= 11 is 0. The molecule has 3 nitrogen and oxygen atoms in total. The molecule has 0 aliphatic heterocycles. The van der Waals surface area contributed by atoms with Gasteiger partial charge >= 0.3 is 5.97 Å². The molecule has 3 rings (SSSR count). The first kappa shape index (κ1) is 8.89. The van der Waals surface area contributed by atoms with Crippen LogP contribution in [0.15, 0.2) is 12.3 Å². The fourth-order valence-electron chi connectivity index (χ4n) is 2.91. The van der Waals surface area contributed by atoms with Gasteiger partial charge in [0.25, 0.3) is 0 Å². The van der Waals surface area contributed by atoms with Gasteiger partial charge in [0.15, 0.2) is 0 Å². The number of fused-ring (bicyclic) bond motifs is 5. The maximum atomic E-state index is 10.8. The van der Waals surface area contributed by atoms with Crippen molar-refractivity contribution >= 4 is 5.97 Å². The molecule has 0 amide bonds. The largest absolute Gasteiger partial charge is 0.408 e. The van der Waals surface area contributed by atoms with Crippen molar-refractivity contribution in [3.63, 3.8) is 0 Å². The summed E-state index contributed by atoms with van der Waals surface area (Å²) in [4.78, 5) is 15.0. The van der Waals surface area contributed by atoms with Gasteiger partial charge < -0.3 is 4.74 Å². The van der Waals surface area contributed by atoms with Crippen molar-refractivity contribution in [1.82, 2.24) is 4.98 Å². The number of nitrogens with zero attached hydrogens (tertiary/aromatic N) is 1. The van der Waals surface area contributed by atoms with Gasteiger partial charge in [-0.25, -0.2) is 4.98 Å². The van der Waals surface area contributed by atoms with E-state index in [-0.39, 0.29) is 5.97 Å². The lowest BCUT2D eigenvalue weighted by Gasteiger charge is -2.14. The molecule has 1 aromatic rings. The minimum atomic E-state index is -0.300. The molecule has 78 valence electrons. The Morgan fingerprint density at radius 3 is 2.87 bits per heavy atom. The van der Waals surface area contributed by atoms with Crippen LogP contribution in [0.3, 0.4) is 0 Å². The van der Waals surface area contributed by atoms with Crippen LogP contribution in [0.5, 0.6) is 5.88 Å². The molecular weight excluding hydrogens is 190 g/mol. The molecular formula is C12H13NO2. The summed E-state index contributed by atoms with van der Waals surface area (Å²) in [5.74, 6) is 1.55. The fraction of sp³-hybridized carbons (Fsp3) is 0.500. The quantitative estimate of drug-likeness (QED) is 0.658. The molecule has 1 saturated carbocycles. The molecule has 3 heteroatoms. The monoisotopic (exact) mass is 203 g/mol. The van der Waals surface area contributed by atoms with Gasteiger partial charge in [-0.2, -0.15) is 0 Å². The Balaban J connectivity index is 1.97. The van der Waals surface area contributed by atoms with E-state index in [9.17, 15) is 4.79 Å². The van der Waals surface area contributed by atoms with E-state index in [0.29, 0.717) is 17.7 Å². The number of esters is 1. The highest BCUT2D eigenvalue weighted by Crippen LogP contribution is 2.53. The molecule has 15 heavy (non-hydrogen) atoms. The van der Waals surface area contributed by atoms with Gasteiger partial charge in [0.2, 0.25) is 5.88 Å². The molecule has 0 aromatic carbocycles. The maximum Gasteiger partial charge on any atom is 0.309 e. The topological polar surface area (TPSA) is 39.2 Å². The summed E-state index contributed by atoms with van der Waals surface area (Å²) in [5, 5.41) is 0. The van der Waals surface area contributed by atoms with E-state index < -0.39 is 0 Å². The highest BCUT2D eigenvalue weighted by molar-refractivity contribution is 5.68. The second kappa shape index (κ2) is 3.05. The smallest absolute Gasteiger partial charge is 0.309 e.